The van der Waals surface area contributed by atoms with Crippen LogP contribution in [0, 0.1) is 19.8 Å². The zero-order valence-electron chi connectivity index (χ0n) is 11.6. The highest BCUT2D eigenvalue weighted by Crippen LogP contribution is 2.47. The largest absolute Gasteiger partial charge is 0.480 e. The fourth-order valence-corrected chi connectivity index (χ4v) is 6.78. The molecule has 116 valence electrons. The molecule has 21 heavy (non-hydrogen) atoms. The maximum absolute atomic E-state index is 12.9. The van der Waals surface area contributed by atoms with Gasteiger partial charge in [0.25, 0.3) is 0 Å². The van der Waals surface area contributed by atoms with Gasteiger partial charge in [0.05, 0.1) is 5.37 Å². The Labute approximate surface area is 126 Å². The Morgan fingerprint density at radius 2 is 2.10 bits per heavy atom. The number of hydrogen-bond acceptors (Lipinski definition) is 6. The number of aryl methyl sites for hydroxylation is 2. The minimum atomic E-state index is -3.93. The molecule has 9 heteroatoms. The first kappa shape index (κ1) is 14.9. The van der Waals surface area contributed by atoms with Gasteiger partial charge in [0.1, 0.15) is 16.6 Å². The van der Waals surface area contributed by atoms with Crippen LogP contribution in [0.4, 0.5) is 0 Å². The van der Waals surface area contributed by atoms with Gasteiger partial charge in [-0.1, -0.05) is 5.16 Å². The summed E-state index contributed by atoms with van der Waals surface area (Å²) in [7, 11) is -3.93. The van der Waals surface area contributed by atoms with Gasteiger partial charge in [-0.25, -0.2) is 8.42 Å². The molecule has 0 spiro atoms. The van der Waals surface area contributed by atoms with Gasteiger partial charge >= 0.3 is 5.97 Å². The van der Waals surface area contributed by atoms with E-state index in [1.807, 2.05) is 0 Å². The highest BCUT2D eigenvalue weighted by molar-refractivity contribution is 8.01. The van der Waals surface area contributed by atoms with Gasteiger partial charge in [0.2, 0.25) is 10.0 Å². The molecule has 2 unspecified atom stereocenters. The molecule has 1 aliphatic carbocycles. The van der Waals surface area contributed by atoms with E-state index in [4.69, 9.17) is 4.52 Å². The Bertz CT molecular complexity index is 660. The number of nitrogens with zero attached hydrogens (tertiary/aromatic N) is 2. The van der Waals surface area contributed by atoms with E-state index in [0.717, 1.165) is 17.1 Å². The quantitative estimate of drug-likeness (QED) is 0.884. The van der Waals surface area contributed by atoms with E-state index in [1.165, 1.54) is 18.7 Å². The maximum Gasteiger partial charge on any atom is 0.322 e. The lowest BCUT2D eigenvalue weighted by atomic mass is 10.3. The number of rotatable bonds is 4. The summed E-state index contributed by atoms with van der Waals surface area (Å²) in [5.74, 6) is -0.391. The number of sulfonamides is 1. The van der Waals surface area contributed by atoms with Crippen LogP contribution in [0.3, 0.4) is 0 Å². The molecule has 2 fully saturated rings. The van der Waals surface area contributed by atoms with Crippen LogP contribution in [-0.4, -0.2) is 46.1 Å². The smallest absolute Gasteiger partial charge is 0.322 e. The normalized spacial score (nSPS) is 27.1. The number of aromatic nitrogens is 1. The molecular formula is C12H16N2O5S2. The van der Waals surface area contributed by atoms with Gasteiger partial charge in [-0.2, -0.15) is 4.31 Å². The van der Waals surface area contributed by atoms with Crippen molar-refractivity contribution in [3.05, 3.63) is 11.5 Å². The predicted octanol–water partition coefficient (Wildman–Crippen LogP) is 1.22. The van der Waals surface area contributed by atoms with E-state index in [2.05, 4.69) is 5.16 Å². The average molecular weight is 332 g/mol. The lowest BCUT2D eigenvalue weighted by molar-refractivity contribution is -0.140. The van der Waals surface area contributed by atoms with Crippen LogP contribution in [0.1, 0.15) is 24.3 Å². The summed E-state index contributed by atoms with van der Waals surface area (Å²) in [5.41, 5.74) is 0.267. The lowest BCUT2D eigenvalue weighted by Gasteiger charge is -2.26. The van der Waals surface area contributed by atoms with Crippen molar-refractivity contribution in [2.24, 2.45) is 5.92 Å². The first-order valence-electron chi connectivity index (χ1n) is 6.65. The summed E-state index contributed by atoms with van der Waals surface area (Å²) < 4.78 is 32.0. The molecular weight excluding hydrogens is 316 g/mol. The Balaban J connectivity index is 2.07. The van der Waals surface area contributed by atoms with Gasteiger partial charge in [-0.3, -0.25) is 4.79 Å². The first-order chi connectivity index (χ1) is 9.84. The molecule has 0 bridgehead atoms. The maximum atomic E-state index is 12.9. The highest BCUT2D eigenvalue weighted by Gasteiger charge is 2.52. The molecule has 2 heterocycles. The minimum absolute atomic E-state index is 0.00176. The molecule has 7 nitrogen and oxygen atoms in total. The molecule has 1 saturated carbocycles. The standard InChI is InChI=1S/C12H16N2O5S2/c1-6-10(7(2)19-13-6)21(17,18)14-9(12(15)16)5-20-11(14)8-3-4-8/h8-9,11H,3-5H2,1-2H3,(H,15,16). The van der Waals surface area contributed by atoms with Gasteiger partial charge in [-0.05, 0) is 32.6 Å². The predicted molar refractivity (Wildman–Crippen MR) is 75.4 cm³/mol. The van der Waals surface area contributed by atoms with Crippen molar-refractivity contribution in [3.8, 4) is 0 Å². The zero-order valence-corrected chi connectivity index (χ0v) is 13.3. The van der Waals surface area contributed by atoms with Crippen molar-refractivity contribution in [1.29, 1.82) is 0 Å². The van der Waals surface area contributed by atoms with E-state index in [-0.39, 0.29) is 33.4 Å². The third-order valence-electron chi connectivity index (χ3n) is 3.80. The second-order valence-electron chi connectivity index (χ2n) is 5.40. The molecule has 2 atom stereocenters. The summed E-state index contributed by atoms with van der Waals surface area (Å²) in [5, 5.41) is 12.7. The third kappa shape index (κ3) is 2.36. The molecule has 1 aromatic heterocycles. The fourth-order valence-electron chi connectivity index (χ4n) is 2.67. The molecule has 1 aromatic rings. The molecule has 1 N–H and O–H groups in total. The van der Waals surface area contributed by atoms with E-state index in [0.29, 0.717) is 0 Å². The SMILES string of the molecule is Cc1noc(C)c1S(=O)(=O)N1C(C(=O)O)CSC1C1CC1. The van der Waals surface area contributed by atoms with Crippen LogP contribution in [-0.2, 0) is 14.8 Å². The van der Waals surface area contributed by atoms with E-state index >= 15 is 0 Å². The second-order valence-corrected chi connectivity index (χ2v) is 8.33. The number of hydrogen-bond donors (Lipinski definition) is 1. The summed E-state index contributed by atoms with van der Waals surface area (Å²) in [4.78, 5) is 11.4. The summed E-state index contributed by atoms with van der Waals surface area (Å²) in [6, 6.07) is -1.03. The van der Waals surface area contributed by atoms with Crippen molar-refractivity contribution < 1.29 is 22.8 Å². The number of carboxylic acids is 1. The molecule has 0 aromatic carbocycles. The topological polar surface area (TPSA) is 101 Å². The van der Waals surface area contributed by atoms with Gasteiger partial charge < -0.3 is 9.63 Å². The third-order valence-corrected chi connectivity index (χ3v) is 7.53. The van der Waals surface area contributed by atoms with Gasteiger partial charge in [0.15, 0.2) is 5.76 Å². The van der Waals surface area contributed by atoms with Crippen LogP contribution in [0.15, 0.2) is 9.42 Å². The molecule has 0 radical (unpaired) electrons. The van der Waals surface area contributed by atoms with Crippen LogP contribution in [0.5, 0.6) is 0 Å². The Kier molecular flexibility index (Phi) is 3.53. The molecule has 1 aliphatic heterocycles. The van der Waals surface area contributed by atoms with Crippen LogP contribution >= 0.6 is 11.8 Å². The van der Waals surface area contributed by atoms with Crippen molar-refractivity contribution in [1.82, 2.24) is 9.46 Å². The molecule has 1 saturated heterocycles. The van der Waals surface area contributed by atoms with Gasteiger partial charge in [-0.15, -0.1) is 11.8 Å². The minimum Gasteiger partial charge on any atom is -0.480 e. The number of carbonyl (C=O) groups is 1. The van der Waals surface area contributed by atoms with E-state index in [9.17, 15) is 18.3 Å². The number of thioether (sulfide) groups is 1. The van der Waals surface area contributed by atoms with Gasteiger partial charge in [0, 0.05) is 5.75 Å². The van der Waals surface area contributed by atoms with Crippen LogP contribution in [0.2, 0.25) is 0 Å². The van der Waals surface area contributed by atoms with Crippen molar-refractivity contribution in [2.45, 2.75) is 43.0 Å². The van der Waals surface area contributed by atoms with E-state index in [1.54, 1.807) is 6.92 Å². The second kappa shape index (κ2) is 4.99. The summed E-state index contributed by atoms with van der Waals surface area (Å²) >= 11 is 1.41. The molecule has 2 aliphatic rings. The van der Waals surface area contributed by atoms with Crippen molar-refractivity contribution >= 4 is 27.8 Å². The monoisotopic (exact) mass is 332 g/mol. The highest BCUT2D eigenvalue weighted by atomic mass is 32.2. The average Bonchev–Trinajstić information content (AvgIpc) is 3.03. The molecule has 3 rings (SSSR count). The first-order valence-corrected chi connectivity index (χ1v) is 9.13. The summed E-state index contributed by atoms with van der Waals surface area (Å²) in [6.45, 7) is 3.08. The number of carboxylic acid groups (broad SMARTS) is 1. The van der Waals surface area contributed by atoms with Crippen molar-refractivity contribution in [3.63, 3.8) is 0 Å². The zero-order chi connectivity index (χ0) is 15.4. The molecule has 0 amide bonds. The van der Waals surface area contributed by atoms with Crippen molar-refractivity contribution in [2.75, 3.05) is 5.75 Å². The number of aliphatic carboxylic acids is 1. The lowest BCUT2D eigenvalue weighted by Crippen LogP contribution is -2.46. The Hall–Kier alpha value is -1.06. The van der Waals surface area contributed by atoms with Crippen LogP contribution < -0.4 is 0 Å². The van der Waals surface area contributed by atoms with E-state index < -0.39 is 22.0 Å². The van der Waals surface area contributed by atoms with Crippen LogP contribution in [0.25, 0.3) is 0 Å². The fraction of sp³-hybridized carbons (Fsp3) is 0.667. The Morgan fingerprint density at radius 3 is 2.57 bits per heavy atom. The Morgan fingerprint density at radius 1 is 1.43 bits per heavy atom. The summed E-state index contributed by atoms with van der Waals surface area (Å²) in [6.07, 6.45) is 1.88.